The molecule has 7 nitrogen and oxygen atoms in total. The second kappa shape index (κ2) is 6.43. The maximum absolute atomic E-state index is 12.9. The average molecular weight is 395 g/mol. The van der Waals surface area contributed by atoms with Crippen molar-refractivity contribution in [3.8, 4) is 0 Å². The van der Waals surface area contributed by atoms with Gasteiger partial charge in [0.1, 0.15) is 12.1 Å². The Balaban J connectivity index is 2.08. The van der Waals surface area contributed by atoms with Gasteiger partial charge in [-0.2, -0.15) is 0 Å². The van der Waals surface area contributed by atoms with Crippen molar-refractivity contribution in [3.05, 3.63) is 34.3 Å². The van der Waals surface area contributed by atoms with Crippen molar-refractivity contribution in [2.45, 2.75) is 26.1 Å². The molecular weight excluding hydrogens is 376 g/mol. The zero-order valence-electron chi connectivity index (χ0n) is 13.5. The Bertz CT molecular complexity index is 696. The van der Waals surface area contributed by atoms with Gasteiger partial charge in [-0.05, 0) is 25.5 Å². The number of carbonyl (C=O) groups excluding carboxylic acids is 3. The van der Waals surface area contributed by atoms with Crippen LogP contribution in [0.15, 0.2) is 28.7 Å². The molecule has 3 atom stereocenters. The molecule has 5 amide bonds. The summed E-state index contributed by atoms with van der Waals surface area (Å²) in [5.41, 5.74) is 0.817. The van der Waals surface area contributed by atoms with Gasteiger partial charge in [-0.3, -0.25) is 9.69 Å². The molecule has 0 aromatic heterocycles. The molecule has 0 aliphatic carbocycles. The summed E-state index contributed by atoms with van der Waals surface area (Å²) in [7, 11) is 0. The van der Waals surface area contributed by atoms with Crippen molar-refractivity contribution in [2.24, 2.45) is 5.92 Å². The van der Waals surface area contributed by atoms with E-state index in [0.717, 1.165) is 10.0 Å². The number of amides is 5. The fraction of sp³-hybridized carbons (Fsp3) is 0.438. The van der Waals surface area contributed by atoms with E-state index >= 15 is 0 Å². The van der Waals surface area contributed by atoms with Crippen LogP contribution in [0.4, 0.5) is 9.59 Å². The van der Waals surface area contributed by atoms with Gasteiger partial charge in [0, 0.05) is 17.6 Å². The van der Waals surface area contributed by atoms with E-state index in [9.17, 15) is 14.4 Å². The minimum atomic E-state index is -0.649. The number of rotatable bonds is 3. The van der Waals surface area contributed by atoms with E-state index in [1.807, 2.05) is 31.2 Å². The maximum Gasteiger partial charge on any atom is 0.328 e. The molecule has 0 radical (unpaired) electrons. The Hall–Kier alpha value is -2.09. The third-order valence-corrected chi connectivity index (χ3v) is 5.25. The van der Waals surface area contributed by atoms with Crippen molar-refractivity contribution >= 4 is 33.9 Å². The summed E-state index contributed by atoms with van der Waals surface area (Å²) in [6.45, 7) is 4.31. The monoisotopic (exact) mass is 394 g/mol. The fourth-order valence-electron chi connectivity index (χ4n) is 3.40. The van der Waals surface area contributed by atoms with E-state index < -0.39 is 18.1 Å². The van der Waals surface area contributed by atoms with Crippen LogP contribution < -0.4 is 10.6 Å². The minimum absolute atomic E-state index is 0.273. The molecule has 2 N–H and O–H groups in total. The smallest absolute Gasteiger partial charge is 0.328 e. The zero-order valence-corrected chi connectivity index (χ0v) is 15.0. The largest absolute Gasteiger partial charge is 0.330 e. The lowest BCUT2D eigenvalue weighted by Crippen LogP contribution is -2.72. The summed E-state index contributed by atoms with van der Waals surface area (Å²) in [6.07, 6.45) is -0.649. The highest BCUT2D eigenvalue weighted by molar-refractivity contribution is 9.10. The van der Waals surface area contributed by atoms with Gasteiger partial charge in [0.15, 0.2) is 0 Å². The lowest BCUT2D eigenvalue weighted by atomic mass is 9.85. The Morgan fingerprint density at radius 2 is 1.79 bits per heavy atom. The number of nitrogens with zero attached hydrogens (tertiary/aromatic N) is 2. The number of nitrogens with one attached hydrogen (secondary N) is 2. The van der Waals surface area contributed by atoms with Crippen LogP contribution in [-0.4, -0.2) is 47.0 Å². The van der Waals surface area contributed by atoms with Gasteiger partial charge in [0.2, 0.25) is 5.91 Å². The quantitative estimate of drug-likeness (QED) is 0.822. The predicted molar refractivity (Wildman–Crippen MR) is 91.0 cm³/mol. The summed E-state index contributed by atoms with van der Waals surface area (Å²) < 4.78 is 0.812. The molecule has 1 aromatic rings. The van der Waals surface area contributed by atoms with Crippen LogP contribution >= 0.6 is 15.9 Å². The fourth-order valence-corrected chi connectivity index (χ4v) is 3.93. The first-order chi connectivity index (χ1) is 11.5. The van der Waals surface area contributed by atoms with Gasteiger partial charge in [-0.1, -0.05) is 34.1 Å². The average Bonchev–Trinajstić information content (AvgIpc) is 2.55. The van der Waals surface area contributed by atoms with Crippen LogP contribution in [0.5, 0.6) is 0 Å². The Morgan fingerprint density at radius 1 is 1.08 bits per heavy atom. The van der Waals surface area contributed by atoms with Crippen molar-refractivity contribution in [3.63, 3.8) is 0 Å². The first kappa shape index (κ1) is 16.8. The van der Waals surface area contributed by atoms with Crippen molar-refractivity contribution in [1.82, 2.24) is 20.4 Å². The summed E-state index contributed by atoms with van der Waals surface area (Å²) >= 11 is 3.49. The van der Waals surface area contributed by atoms with E-state index in [1.54, 1.807) is 6.92 Å². The Kier molecular flexibility index (Phi) is 4.49. The molecule has 0 saturated carbocycles. The molecule has 0 spiro atoms. The summed E-state index contributed by atoms with van der Waals surface area (Å²) in [5, 5.41) is 5.58. The van der Waals surface area contributed by atoms with Gasteiger partial charge in [-0.25, -0.2) is 9.59 Å². The standard InChI is InChI=1S/C16H19BrN4O3/c1-3-20-13-11(14(22)21(4-2)16(20)24)12(18-15(23)19-13)9-7-5-6-8-10(9)17/h5-8,11-13H,3-4H2,1-2H3,(H2,18,19,23). The van der Waals surface area contributed by atoms with Crippen LogP contribution in [0.2, 0.25) is 0 Å². The third-order valence-electron chi connectivity index (χ3n) is 4.53. The number of hydrogen-bond donors (Lipinski definition) is 2. The molecular formula is C16H19BrN4O3. The number of carbonyl (C=O) groups is 3. The molecule has 2 heterocycles. The molecule has 2 aliphatic heterocycles. The minimum Gasteiger partial charge on any atom is -0.330 e. The molecule has 2 aliphatic rings. The van der Waals surface area contributed by atoms with Crippen LogP contribution in [0.3, 0.4) is 0 Å². The molecule has 3 rings (SSSR count). The van der Waals surface area contributed by atoms with Gasteiger partial charge in [-0.15, -0.1) is 0 Å². The van der Waals surface area contributed by atoms with Crippen LogP contribution in [0.25, 0.3) is 0 Å². The topological polar surface area (TPSA) is 81.8 Å². The van der Waals surface area contributed by atoms with Crippen LogP contribution in [-0.2, 0) is 4.79 Å². The number of benzene rings is 1. The molecule has 8 heteroatoms. The van der Waals surface area contributed by atoms with E-state index in [0.29, 0.717) is 13.1 Å². The van der Waals surface area contributed by atoms with E-state index in [2.05, 4.69) is 26.6 Å². The highest BCUT2D eigenvalue weighted by atomic mass is 79.9. The van der Waals surface area contributed by atoms with Gasteiger partial charge in [0.05, 0.1) is 6.04 Å². The first-order valence-electron chi connectivity index (χ1n) is 7.93. The van der Waals surface area contributed by atoms with Gasteiger partial charge >= 0.3 is 12.1 Å². The van der Waals surface area contributed by atoms with Crippen molar-refractivity contribution in [1.29, 1.82) is 0 Å². The van der Waals surface area contributed by atoms with Gasteiger partial charge < -0.3 is 15.5 Å². The van der Waals surface area contributed by atoms with Crippen LogP contribution in [0, 0.1) is 5.92 Å². The number of fused-ring (bicyclic) bond motifs is 1. The molecule has 24 heavy (non-hydrogen) atoms. The van der Waals surface area contributed by atoms with Crippen LogP contribution in [0.1, 0.15) is 25.5 Å². The second-order valence-electron chi connectivity index (χ2n) is 5.74. The molecule has 2 saturated heterocycles. The maximum atomic E-state index is 12.9. The van der Waals surface area contributed by atoms with Crippen molar-refractivity contribution in [2.75, 3.05) is 13.1 Å². The number of imide groups is 1. The Morgan fingerprint density at radius 3 is 2.42 bits per heavy atom. The summed E-state index contributed by atoms with van der Waals surface area (Å²) in [6, 6.07) is 6.21. The van der Waals surface area contributed by atoms with E-state index in [1.165, 1.54) is 9.80 Å². The molecule has 1 aromatic carbocycles. The van der Waals surface area contributed by atoms with Gasteiger partial charge in [0.25, 0.3) is 0 Å². The lowest BCUT2D eigenvalue weighted by molar-refractivity contribution is -0.141. The molecule has 3 unspecified atom stereocenters. The molecule has 0 bridgehead atoms. The number of urea groups is 2. The van der Waals surface area contributed by atoms with Crippen molar-refractivity contribution < 1.29 is 14.4 Å². The molecule has 128 valence electrons. The summed E-state index contributed by atoms with van der Waals surface area (Å²) in [5.74, 6) is -0.857. The number of halogens is 1. The van der Waals surface area contributed by atoms with E-state index in [-0.39, 0.29) is 18.0 Å². The SMILES string of the molecule is CCN1C(=O)C2C(c3ccccc3Br)NC(=O)NC2N(CC)C1=O. The second-order valence-corrected chi connectivity index (χ2v) is 6.59. The summed E-state index contributed by atoms with van der Waals surface area (Å²) in [4.78, 5) is 40.4. The third kappa shape index (κ3) is 2.54. The lowest BCUT2D eigenvalue weighted by Gasteiger charge is -2.49. The Labute approximate surface area is 148 Å². The van der Waals surface area contributed by atoms with E-state index in [4.69, 9.17) is 0 Å². The highest BCUT2D eigenvalue weighted by Gasteiger charge is 2.52. The molecule has 2 fully saturated rings. The zero-order chi connectivity index (χ0) is 17.4. The predicted octanol–water partition coefficient (Wildman–Crippen LogP) is 2.05. The number of hydrogen-bond acceptors (Lipinski definition) is 3. The first-order valence-corrected chi connectivity index (χ1v) is 8.72. The highest BCUT2D eigenvalue weighted by Crippen LogP contribution is 2.37. The normalized spacial score (nSPS) is 26.8.